The minimum Gasteiger partial charge on any atom is -0.462 e. The van der Waals surface area contributed by atoms with E-state index in [9.17, 15) is 14.4 Å². The van der Waals surface area contributed by atoms with Crippen molar-refractivity contribution in [3.05, 3.63) is 72.9 Å². The van der Waals surface area contributed by atoms with Crippen LogP contribution in [0.3, 0.4) is 0 Å². The topological polar surface area (TPSA) is 78.9 Å². The Morgan fingerprint density at radius 3 is 0.969 bits per heavy atom. The smallest absolute Gasteiger partial charge is 0.306 e. The first-order chi connectivity index (χ1) is 32.0. The number of hydrogen-bond acceptors (Lipinski definition) is 6. The lowest BCUT2D eigenvalue weighted by Crippen LogP contribution is -2.30. The third kappa shape index (κ3) is 51.7. The number of allylic oxidation sites excluding steroid dienone is 12. The molecule has 65 heavy (non-hydrogen) atoms. The minimum atomic E-state index is -0.784. The summed E-state index contributed by atoms with van der Waals surface area (Å²) in [6.07, 6.45) is 67.4. The molecule has 0 saturated heterocycles. The molecule has 6 heteroatoms. The van der Waals surface area contributed by atoms with Gasteiger partial charge in [0.1, 0.15) is 13.2 Å². The van der Waals surface area contributed by atoms with Crippen LogP contribution in [0.5, 0.6) is 0 Å². The molecule has 0 amide bonds. The molecule has 0 spiro atoms. The maximum Gasteiger partial charge on any atom is 0.306 e. The molecule has 6 nitrogen and oxygen atoms in total. The normalized spacial score (nSPS) is 12.6. The largest absolute Gasteiger partial charge is 0.462 e. The first kappa shape index (κ1) is 61.9. The molecular formula is C59H102O6. The molecule has 0 aromatic carbocycles. The van der Waals surface area contributed by atoms with Gasteiger partial charge in [-0.2, -0.15) is 0 Å². The molecule has 0 radical (unpaired) electrons. The van der Waals surface area contributed by atoms with E-state index < -0.39 is 6.10 Å². The van der Waals surface area contributed by atoms with Crippen LogP contribution in [0.2, 0.25) is 0 Å². The Labute approximate surface area is 402 Å². The zero-order valence-corrected chi connectivity index (χ0v) is 42.7. The number of carbonyl (C=O) groups is 3. The Bertz CT molecular complexity index is 1230. The maximum atomic E-state index is 12.8. The van der Waals surface area contributed by atoms with Gasteiger partial charge in [0.15, 0.2) is 6.10 Å². The quantitative estimate of drug-likeness (QED) is 0.0262. The minimum absolute atomic E-state index is 0.0816. The molecule has 0 rings (SSSR count). The van der Waals surface area contributed by atoms with Crippen molar-refractivity contribution in [3.8, 4) is 0 Å². The van der Waals surface area contributed by atoms with Gasteiger partial charge in [0.25, 0.3) is 0 Å². The van der Waals surface area contributed by atoms with Crippen molar-refractivity contribution in [3.63, 3.8) is 0 Å². The fraction of sp³-hybridized carbons (Fsp3) is 0.746. The summed E-state index contributed by atoms with van der Waals surface area (Å²) >= 11 is 0. The van der Waals surface area contributed by atoms with Gasteiger partial charge < -0.3 is 14.2 Å². The molecule has 0 aliphatic rings. The van der Waals surface area contributed by atoms with Gasteiger partial charge in [0.05, 0.1) is 0 Å². The molecule has 0 saturated carbocycles. The number of hydrogen-bond donors (Lipinski definition) is 0. The van der Waals surface area contributed by atoms with Crippen molar-refractivity contribution in [2.45, 2.75) is 271 Å². The highest BCUT2D eigenvalue weighted by Gasteiger charge is 2.19. The predicted octanol–water partition coefficient (Wildman–Crippen LogP) is 18.2. The second kappa shape index (κ2) is 53.5. The van der Waals surface area contributed by atoms with Gasteiger partial charge >= 0.3 is 17.9 Å². The van der Waals surface area contributed by atoms with E-state index in [4.69, 9.17) is 14.2 Å². The summed E-state index contributed by atoms with van der Waals surface area (Å²) in [7, 11) is 0. The van der Waals surface area contributed by atoms with E-state index in [-0.39, 0.29) is 31.1 Å². The lowest BCUT2D eigenvalue weighted by Gasteiger charge is -2.18. The highest BCUT2D eigenvalue weighted by atomic mass is 16.6. The third-order valence-electron chi connectivity index (χ3n) is 11.7. The number of rotatable bonds is 49. The van der Waals surface area contributed by atoms with Crippen molar-refractivity contribution >= 4 is 17.9 Å². The fourth-order valence-corrected chi connectivity index (χ4v) is 7.58. The van der Waals surface area contributed by atoms with E-state index in [1.165, 1.54) is 122 Å². The van der Waals surface area contributed by atoms with Crippen molar-refractivity contribution in [2.75, 3.05) is 13.2 Å². The van der Waals surface area contributed by atoms with Crippen LogP contribution >= 0.6 is 0 Å². The molecule has 0 aliphatic carbocycles. The standard InChI is InChI=1S/C59H102O6/c1-4-7-10-13-16-19-22-24-26-28-29-31-32-34-37-40-43-46-49-52-58(61)64-55-56(54-63-57(60)51-48-45-42-39-36-21-18-15-12-9-6-3)65-59(62)53-50-47-44-41-38-35-33-30-27-25-23-20-17-14-11-8-5-2/h7,10,16-17,19-20,24-27,29,31,56H,4-6,8-9,11-15,18,21-23,28,30,32-55H2,1-3H3/b10-7-,19-16-,20-17-,26-24-,27-25-,31-29-. The Balaban J connectivity index is 4.38. The van der Waals surface area contributed by atoms with Crippen LogP contribution < -0.4 is 0 Å². The zero-order valence-electron chi connectivity index (χ0n) is 42.7. The van der Waals surface area contributed by atoms with Gasteiger partial charge in [0.2, 0.25) is 0 Å². The number of unbranched alkanes of at least 4 members (excludes halogenated alkanes) is 26. The van der Waals surface area contributed by atoms with Gasteiger partial charge in [-0.05, 0) is 89.9 Å². The molecule has 0 heterocycles. The second-order valence-electron chi connectivity index (χ2n) is 18.1. The van der Waals surface area contributed by atoms with Crippen LogP contribution in [0.25, 0.3) is 0 Å². The fourth-order valence-electron chi connectivity index (χ4n) is 7.58. The van der Waals surface area contributed by atoms with E-state index in [1.54, 1.807) is 0 Å². The lowest BCUT2D eigenvalue weighted by molar-refractivity contribution is -0.167. The average Bonchev–Trinajstić information content (AvgIpc) is 3.30. The number of esters is 3. The SMILES string of the molecule is CC/C=C\C/C=C\C/C=C\C/C=C\CCCCCCCCC(=O)OCC(COC(=O)CCCCCCCCCCCCC)OC(=O)CCCCCCCCC/C=C\C/C=C\CCCCC. The molecule has 0 N–H and O–H groups in total. The van der Waals surface area contributed by atoms with Crippen LogP contribution in [-0.4, -0.2) is 37.2 Å². The summed E-state index contributed by atoms with van der Waals surface area (Å²) < 4.78 is 16.8. The van der Waals surface area contributed by atoms with Crippen LogP contribution in [0.15, 0.2) is 72.9 Å². The van der Waals surface area contributed by atoms with Crippen molar-refractivity contribution < 1.29 is 28.6 Å². The summed E-state index contributed by atoms with van der Waals surface area (Å²) in [5.41, 5.74) is 0. The van der Waals surface area contributed by atoms with E-state index in [0.29, 0.717) is 19.3 Å². The van der Waals surface area contributed by atoms with E-state index in [1.807, 2.05) is 0 Å². The Kier molecular flexibility index (Phi) is 50.9. The summed E-state index contributed by atoms with van der Waals surface area (Å²) in [5.74, 6) is -0.899. The van der Waals surface area contributed by atoms with Crippen LogP contribution in [0.4, 0.5) is 0 Å². The summed E-state index contributed by atoms with van der Waals surface area (Å²) in [4.78, 5) is 38.0. The average molecular weight is 907 g/mol. The Morgan fingerprint density at radius 2 is 0.600 bits per heavy atom. The van der Waals surface area contributed by atoms with Gasteiger partial charge in [-0.25, -0.2) is 0 Å². The van der Waals surface area contributed by atoms with E-state index >= 15 is 0 Å². The van der Waals surface area contributed by atoms with Crippen LogP contribution in [0.1, 0.15) is 265 Å². The summed E-state index contributed by atoms with van der Waals surface area (Å²) in [6.45, 7) is 6.49. The number of ether oxygens (including phenoxy) is 3. The summed E-state index contributed by atoms with van der Waals surface area (Å²) in [6, 6.07) is 0. The van der Waals surface area contributed by atoms with Gasteiger partial charge in [-0.3, -0.25) is 14.4 Å². The molecule has 0 aliphatic heterocycles. The third-order valence-corrected chi connectivity index (χ3v) is 11.7. The molecule has 1 atom stereocenters. The molecule has 0 bridgehead atoms. The van der Waals surface area contributed by atoms with Gasteiger partial charge in [-0.1, -0.05) is 229 Å². The molecule has 0 fully saturated rings. The van der Waals surface area contributed by atoms with E-state index in [2.05, 4.69) is 93.7 Å². The Morgan fingerprint density at radius 1 is 0.323 bits per heavy atom. The lowest BCUT2D eigenvalue weighted by atomic mass is 10.1. The first-order valence-electron chi connectivity index (χ1n) is 27.4. The maximum absolute atomic E-state index is 12.8. The molecular weight excluding hydrogens is 805 g/mol. The van der Waals surface area contributed by atoms with E-state index in [0.717, 1.165) is 103 Å². The molecule has 1 unspecified atom stereocenters. The molecule has 0 aromatic rings. The predicted molar refractivity (Wildman–Crippen MR) is 279 cm³/mol. The van der Waals surface area contributed by atoms with Gasteiger partial charge in [-0.15, -0.1) is 0 Å². The van der Waals surface area contributed by atoms with Crippen LogP contribution in [-0.2, 0) is 28.6 Å². The second-order valence-corrected chi connectivity index (χ2v) is 18.1. The van der Waals surface area contributed by atoms with Gasteiger partial charge in [0, 0.05) is 19.3 Å². The van der Waals surface area contributed by atoms with Crippen LogP contribution in [0, 0.1) is 0 Å². The molecule has 0 aromatic heterocycles. The monoisotopic (exact) mass is 907 g/mol. The van der Waals surface area contributed by atoms with Crippen molar-refractivity contribution in [1.29, 1.82) is 0 Å². The zero-order chi connectivity index (χ0) is 47.2. The number of carbonyl (C=O) groups excluding carboxylic acids is 3. The Hall–Kier alpha value is -3.15. The molecule has 374 valence electrons. The van der Waals surface area contributed by atoms with Crippen molar-refractivity contribution in [2.24, 2.45) is 0 Å². The first-order valence-corrected chi connectivity index (χ1v) is 27.4. The highest BCUT2D eigenvalue weighted by Crippen LogP contribution is 2.15. The highest BCUT2D eigenvalue weighted by molar-refractivity contribution is 5.71. The van der Waals surface area contributed by atoms with Crippen molar-refractivity contribution in [1.82, 2.24) is 0 Å². The summed E-state index contributed by atoms with van der Waals surface area (Å²) in [5, 5.41) is 0.